The van der Waals surface area contributed by atoms with E-state index in [-0.39, 0.29) is 6.04 Å². The van der Waals surface area contributed by atoms with Crippen LogP contribution in [-0.4, -0.2) is 23.6 Å². The third-order valence-corrected chi connectivity index (χ3v) is 4.63. The average molecular weight is 287 g/mol. The highest BCUT2D eigenvalue weighted by Crippen LogP contribution is 2.18. The fourth-order valence-corrected chi connectivity index (χ4v) is 2.86. The monoisotopic (exact) mass is 287 g/mol. The fraction of sp³-hybridized carbons (Fsp3) is 0.600. The molecule has 2 unspecified atom stereocenters. The molecule has 0 spiro atoms. The molecular weight excluding hydrogens is 264 g/mol. The van der Waals surface area contributed by atoms with E-state index in [4.69, 9.17) is 0 Å². The molecule has 19 heavy (non-hydrogen) atoms. The van der Waals surface area contributed by atoms with Crippen molar-refractivity contribution in [2.45, 2.75) is 44.9 Å². The SMILES string of the molecule is CCNC(CSC(C)CC)Cc1ccc(F)cc1F. The molecule has 0 amide bonds. The van der Waals surface area contributed by atoms with E-state index in [1.807, 2.05) is 18.7 Å². The molecule has 1 nitrogen and oxygen atoms in total. The van der Waals surface area contributed by atoms with Gasteiger partial charge in [0.05, 0.1) is 0 Å². The van der Waals surface area contributed by atoms with Gasteiger partial charge >= 0.3 is 0 Å². The summed E-state index contributed by atoms with van der Waals surface area (Å²) in [6, 6.07) is 4.05. The zero-order valence-corrected chi connectivity index (χ0v) is 12.7. The predicted molar refractivity (Wildman–Crippen MR) is 79.7 cm³/mol. The van der Waals surface area contributed by atoms with Gasteiger partial charge in [0.15, 0.2) is 0 Å². The Kier molecular flexibility index (Phi) is 7.39. The summed E-state index contributed by atoms with van der Waals surface area (Å²) in [7, 11) is 0. The molecule has 1 rings (SSSR count). The Bertz CT molecular complexity index is 384. The van der Waals surface area contributed by atoms with Crippen molar-refractivity contribution in [2.24, 2.45) is 0 Å². The van der Waals surface area contributed by atoms with Gasteiger partial charge in [0.25, 0.3) is 0 Å². The van der Waals surface area contributed by atoms with Gasteiger partial charge in [-0.25, -0.2) is 8.78 Å². The quantitative estimate of drug-likeness (QED) is 0.775. The van der Waals surface area contributed by atoms with Gasteiger partial charge in [0.2, 0.25) is 0 Å². The van der Waals surface area contributed by atoms with Crippen LogP contribution >= 0.6 is 11.8 Å². The fourth-order valence-electron chi connectivity index (χ4n) is 1.83. The van der Waals surface area contributed by atoms with Crippen molar-refractivity contribution in [1.29, 1.82) is 0 Å². The van der Waals surface area contributed by atoms with Gasteiger partial charge in [0.1, 0.15) is 11.6 Å². The summed E-state index contributed by atoms with van der Waals surface area (Å²) >= 11 is 1.89. The molecule has 1 aromatic carbocycles. The summed E-state index contributed by atoms with van der Waals surface area (Å²) < 4.78 is 26.5. The number of hydrogen-bond donors (Lipinski definition) is 1. The van der Waals surface area contributed by atoms with Crippen LogP contribution < -0.4 is 5.32 Å². The summed E-state index contributed by atoms with van der Waals surface area (Å²) in [5.41, 5.74) is 0.581. The molecule has 108 valence electrons. The van der Waals surface area contributed by atoms with Crippen molar-refractivity contribution in [2.75, 3.05) is 12.3 Å². The maximum Gasteiger partial charge on any atom is 0.129 e. The van der Waals surface area contributed by atoms with Gasteiger partial charge in [-0.3, -0.25) is 0 Å². The molecule has 0 aliphatic rings. The minimum atomic E-state index is -0.518. The Balaban J connectivity index is 2.61. The molecule has 1 aromatic rings. The second kappa shape index (κ2) is 8.54. The Morgan fingerprint density at radius 2 is 2.00 bits per heavy atom. The first-order valence-corrected chi connectivity index (χ1v) is 7.90. The molecule has 0 aliphatic heterocycles. The smallest absolute Gasteiger partial charge is 0.129 e. The molecule has 0 heterocycles. The molecule has 4 heteroatoms. The zero-order valence-electron chi connectivity index (χ0n) is 11.9. The van der Waals surface area contributed by atoms with E-state index in [1.165, 1.54) is 6.07 Å². The van der Waals surface area contributed by atoms with Gasteiger partial charge in [-0.1, -0.05) is 26.8 Å². The summed E-state index contributed by atoms with van der Waals surface area (Å²) in [6.07, 6.45) is 1.73. The summed E-state index contributed by atoms with van der Waals surface area (Å²) in [5, 5.41) is 3.98. The van der Waals surface area contributed by atoms with Crippen LogP contribution in [0.2, 0.25) is 0 Å². The lowest BCUT2D eigenvalue weighted by Gasteiger charge is -2.20. The van der Waals surface area contributed by atoms with Crippen LogP contribution in [0.25, 0.3) is 0 Å². The Labute approximate surface area is 119 Å². The molecule has 0 aromatic heterocycles. The second-order valence-corrected chi connectivity index (χ2v) is 6.22. The standard InChI is InChI=1S/C15H23F2NS/c1-4-11(3)19-10-14(18-5-2)8-12-6-7-13(16)9-15(12)17/h6-7,9,11,14,18H,4-5,8,10H2,1-3H3. The summed E-state index contributed by atoms with van der Waals surface area (Å²) in [6.45, 7) is 7.27. The number of hydrogen-bond acceptors (Lipinski definition) is 2. The van der Waals surface area contributed by atoms with Crippen molar-refractivity contribution in [3.8, 4) is 0 Å². The van der Waals surface area contributed by atoms with Crippen LogP contribution in [0.4, 0.5) is 8.78 Å². The van der Waals surface area contributed by atoms with Crippen LogP contribution in [0.1, 0.15) is 32.8 Å². The number of nitrogens with one attached hydrogen (secondary N) is 1. The van der Waals surface area contributed by atoms with Crippen LogP contribution in [0.15, 0.2) is 18.2 Å². The Morgan fingerprint density at radius 3 is 2.58 bits per heavy atom. The highest BCUT2D eigenvalue weighted by atomic mass is 32.2. The van der Waals surface area contributed by atoms with E-state index >= 15 is 0 Å². The van der Waals surface area contributed by atoms with Crippen LogP contribution in [-0.2, 0) is 6.42 Å². The topological polar surface area (TPSA) is 12.0 Å². The number of thioether (sulfide) groups is 1. The lowest BCUT2D eigenvalue weighted by Crippen LogP contribution is -2.34. The van der Waals surface area contributed by atoms with E-state index < -0.39 is 11.6 Å². The highest BCUT2D eigenvalue weighted by molar-refractivity contribution is 7.99. The normalized spacial score (nSPS) is 14.4. The second-order valence-electron chi connectivity index (χ2n) is 4.75. The lowest BCUT2D eigenvalue weighted by atomic mass is 10.1. The van der Waals surface area contributed by atoms with Gasteiger partial charge in [-0.05, 0) is 31.0 Å². The van der Waals surface area contributed by atoms with Gasteiger partial charge in [-0.2, -0.15) is 11.8 Å². The third kappa shape index (κ3) is 5.91. The molecule has 0 bridgehead atoms. The van der Waals surface area contributed by atoms with E-state index in [2.05, 4.69) is 19.2 Å². The minimum absolute atomic E-state index is 0.226. The number of benzene rings is 1. The lowest BCUT2D eigenvalue weighted by molar-refractivity contribution is 0.534. The van der Waals surface area contributed by atoms with Gasteiger partial charge < -0.3 is 5.32 Å². The van der Waals surface area contributed by atoms with E-state index in [9.17, 15) is 8.78 Å². The zero-order chi connectivity index (χ0) is 14.3. The Hall–Kier alpha value is -0.610. The first-order valence-electron chi connectivity index (χ1n) is 6.85. The maximum atomic E-state index is 13.6. The van der Waals surface area contributed by atoms with E-state index in [0.29, 0.717) is 17.2 Å². The van der Waals surface area contributed by atoms with Crippen molar-refractivity contribution in [3.05, 3.63) is 35.4 Å². The van der Waals surface area contributed by atoms with E-state index in [0.717, 1.165) is 24.8 Å². The molecule has 1 N–H and O–H groups in total. The van der Waals surface area contributed by atoms with Crippen molar-refractivity contribution in [3.63, 3.8) is 0 Å². The molecular formula is C15H23F2NS. The highest BCUT2D eigenvalue weighted by Gasteiger charge is 2.13. The van der Waals surface area contributed by atoms with Crippen LogP contribution in [0.5, 0.6) is 0 Å². The summed E-state index contributed by atoms with van der Waals surface area (Å²) in [5.74, 6) is -0.0219. The van der Waals surface area contributed by atoms with Gasteiger partial charge in [0, 0.05) is 23.1 Å². The minimum Gasteiger partial charge on any atom is -0.313 e. The molecule has 2 atom stereocenters. The average Bonchev–Trinajstić information content (AvgIpc) is 2.38. The van der Waals surface area contributed by atoms with Gasteiger partial charge in [-0.15, -0.1) is 0 Å². The van der Waals surface area contributed by atoms with Crippen molar-refractivity contribution >= 4 is 11.8 Å². The first kappa shape index (κ1) is 16.4. The molecule has 0 saturated carbocycles. The number of halogens is 2. The molecule has 0 aliphatic carbocycles. The number of rotatable bonds is 8. The van der Waals surface area contributed by atoms with E-state index in [1.54, 1.807) is 6.07 Å². The predicted octanol–water partition coefficient (Wildman–Crippen LogP) is 4.02. The van der Waals surface area contributed by atoms with Crippen molar-refractivity contribution in [1.82, 2.24) is 5.32 Å². The maximum absolute atomic E-state index is 13.6. The third-order valence-electron chi connectivity index (χ3n) is 3.13. The molecule has 0 radical (unpaired) electrons. The van der Waals surface area contributed by atoms with Crippen LogP contribution in [0.3, 0.4) is 0 Å². The number of likely N-dealkylation sites (N-methyl/N-ethyl adjacent to an activating group) is 1. The van der Waals surface area contributed by atoms with Crippen LogP contribution in [0, 0.1) is 11.6 Å². The first-order chi connectivity index (χ1) is 9.06. The molecule has 0 fully saturated rings. The largest absolute Gasteiger partial charge is 0.313 e. The molecule has 0 saturated heterocycles. The Morgan fingerprint density at radius 1 is 1.26 bits per heavy atom. The summed E-state index contributed by atoms with van der Waals surface area (Å²) in [4.78, 5) is 0. The van der Waals surface area contributed by atoms with Crippen molar-refractivity contribution < 1.29 is 8.78 Å².